The summed E-state index contributed by atoms with van der Waals surface area (Å²) in [6.45, 7) is 1.71. The van der Waals surface area contributed by atoms with Crippen LogP contribution in [0.2, 0.25) is 0 Å². The van der Waals surface area contributed by atoms with Crippen LogP contribution in [-0.2, 0) is 33.2 Å². The van der Waals surface area contributed by atoms with Crippen molar-refractivity contribution in [2.45, 2.75) is 324 Å². The average Bonchev–Trinajstić information content (AvgIpc) is 3.51. The van der Waals surface area contributed by atoms with Crippen molar-refractivity contribution >= 4 is 5.91 Å². The number of ether oxygens (including phenoxy) is 6. The number of carbonyl (C=O) groups excluding carboxylic acids is 1. The first kappa shape index (κ1) is 71.5. The van der Waals surface area contributed by atoms with Crippen LogP contribution < -0.4 is 5.32 Å². The van der Waals surface area contributed by atoms with Crippen molar-refractivity contribution in [2.75, 3.05) is 26.4 Å². The first-order valence-electron chi connectivity index (χ1n) is 31.1. The van der Waals surface area contributed by atoms with Gasteiger partial charge in [0.2, 0.25) is 5.91 Å². The van der Waals surface area contributed by atoms with Crippen molar-refractivity contribution in [3.63, 3.8) is 0 Å². The smallest absolute Gasteiger partial charge is 0.220 e. The SMILES string of the molecule is CCCCCCCCCCCCCCCC/C=C/CC/C=C/C(O)C(COC1OC(CO)C(OC2OC(CO)C(OC3OC(CO)C(O)C(O)C3O)C(O)C2O)C(O)C1O)NC(=O)CCCCCCCCCCCCCCCC. The maximum atomic E-state index is 13.3. The summed E-state index contributed by atoms with van der Waals surface area (Å²) in [6, 6.07) is -0.985. The van der Waals surface area contributed by atoms with Crippen LogP contribution in [0.4, 0.5) is 0 Å². The van der Waals surface area contributed by atoms with E-state index in [1.807, 2.05) is 6.08 Å². The Kier molecular flexibility index (Phi) is 39.7. The molecule has 0 aromatic rings. The summed E-state index contributed by atoms with van der Waals surface area (Å²) in [7, 11) is 0. The van der Waals surface area contributed by atoms with Gasteiger partial charge in [0.1, 0.15) is 73.2 Å². The monoisotopic (exact) mass is 1130 g/mol. The number of aliphatic hydroxyl groups excluding tert-OH is 11. The van der Waals surface area contributed by atoms with Gasteiger partial charge in [-0.2, -0.15) is 0 Å². The lowest BCUT2D eigenvalue weighted by molar-refractivity contribution is -0.379. The Bertz CT molecular complexity index is 1540. The molecule has 0 aliphatic carbocycles. The van der Waals surface area contributed by atoms with Crippen LogP contribution in [0.1, 0.15) is 219 Å². The number of nitrogens with one attached hydrogen (secondary N) is 1. The molecule has 3 heterocycles. The van der Waals surface area contributed by atoms with Gasteiger partial charge in [-0.05, 0) is 32.1 Å². The fourth-order valence-corrected chi connectivity index (χ4v) is 10.6. The number of hydrogen-bond donors (Lipinski definition) is 12. The number of aliphatic hydroxyl groups is 11. The van der Waals surface area contributed by atoms with E-state index in [9.17, 15) is 61.0 Å². The van der Waals surface area contributed by atoms with Crippen molar-refractivity contribution in [3.8, 4) is 0 Å². The fraction of sp³-hybridized carbons (Fsp3) is 0.917. The molecule has 17 atom stereocenters. The van der Waals surface area contributed by atoms with Crippen LogP contribution in [0.15, 0.2) is 24.3 Å². The molecule has 0 aromatic carbocycles. The number of allylic oxidation sites excluding steroid dienone is 3. The minimum Gasteiger partial charge on any atom is -0.394 e. The van der Waals surface area contributed by atoms with E-state index in [-0.39, 0.29) is 18.9 Å². The lowest BCUT2D eigenvalue weighted by Gasteiger charge is -2.48. The van der Waals surface area contributed by atoms with Gasteiger partial charge in [-0.3, -0.25) is 4.79 Å². The third-order valence-corrected chi connectivity index (χ3v) is 15.8. The Balaban J connectivity index is 1.50. The molecule has 3 fully saturated rings. The molecule has 17 unspecified atom stereocenters. The number of unbranched alkanes of at least 4 members (excludes halogenated alkanes) is 28. The first-order valence-corrected chi connectivity index (χ1v) is 31.1. The van der Waals surface area contributed by atoms with Gasteiger partial charge in [-0.15, -0.1) is 0 Å². The van der Waals surface area contributed by atoms with E-state index >= 15 is 0 Å². The highest BCUT2D eigenvalue weighted by Gasteiger charge is 2.53. The molecule has 1 amide bonds. The summed E-state index contributed by atoms with van der Waals surface area (Å²) < 4.78 is 34.2. The summed E-state index contributed by atoms with van der Waals surface area (Å²) in [4.78, 5) is 13.3. The highest BCUT2D eigenvalue weighted by Crippen LogP contribution is 2.33. The van der Waals surface area contributed by atoms with Crippen LogP contribution in [-0.4, -0.2) is 193 Å². The number of amides is 1. The summed E-state index contributed by atoms with van der Waals surface area (Å²) in [5.74, 6) is -0.284. The molecule has 3 saturated heterocycles. The number of rotatable bonds is 46. The highest BCUT2D eigenvalue weighted by molar-refractivity contribution is 5.76. The maximum absolute atomic E-state index is 13.3. The van der Waals surface area contributed by atoms with Gasteiger partial charge in [0.05, 0.1) is 38.6 Å². The average molecular weight is 1130 g/mol. The summed E-state index contributed by atoms with van der Waals surface area (Å²) in [5, 5.41) is 120. The zero-order valence-corrected chi connectivity index (χ0v) is 48.4. The van der Waals surface area contributed by atoms with Gasteiger partial charge in [0, 0.05) is 6.42 Å². The van der Waals surface area contributed by atoms with E-state index < -0.39 is 124 Å². The molecule has 0 bridgehead atoms. The standard InChI is InChI=1S/C60H111NO18/c1-3-5-7-9-11-13-15-17-19-20-21-22-23-24-25-27-29-31-33-35-37-44(65)43(61-48(66)38-36-34-32-30-28-26-18-16-14-12-10-8-6-4-2)42-74-58-54(72)51(69)56(46(40-63)76-58)79-60-55(73)52(70)57(47(41-64)77-60)78-59-53(71)50(68)49(67)45(39-62)75-59/h27,29,35,37,43-47,49-60,62-65,67-73H,3-26,28,30-34,36,38-42H2,1-2H3,(H,61,66)/b29-27+,37-35+. The lowest BCUT2D eigenvalue weighted by atomic mass is 9.96. The predicted molar refractivity (Wildman–Crippen MR) is 300 cm³/mol. The second-order valence-electron chi connectivity index (χ2n) is 22.5. The number of hydrogen-bond acceptors (Lipinski definition) is 18. The van der Waals surface area contributed by atoms with Crippen molar-refractivity contribution in [1.29, 1.82) is 0 Å². The van der Waals surface area contributed by atoms with Gasteiger partial charge in [-0.25, -0.2) is 0 Å². The van der Waals surface area contributed by atoms with Gasteiger partial charge in [0.25, 0.3) is 0 Å². The Labute approximate surface area is 473 Å². The van der Waals surface area contributed by atoms with Crippen LogP contribution in [0.3, 0.4) is 0 Å². The topological polar surface area (TPSA) is 307 Å². The Morgan fingerprint density at radius 2 is 0.810 bits per heavy atom. The second kappa shape index (κ2) is 43.8. The quantitative estimate of drug-likeness (QED) is 0.0248. The largest absolute Gasteiger partial charge is 0.394 e. The minimum atomic E-state index is -1.98. The molecule has 0 saturated carbocycles. The van der Waals surface area contributed by atoms with Crippen molar-refractivity contribution in [1.82, 2.24) is 5.32 Å². The minimum absolute atomic E-state index is 0.240. The molecular weight excluding hydrogens is 1020 g/mol. The maximum Gasteiger partial charge on any atom is 0.220 e. The molecule has 79 heavy (non-hydrogen) atoms. The first-order chi connectivity index (χ1) is 38.3. The molecule has 3 rings (SSSR count). The zero-order chi connectivity index (χ0) is 57.6. The number of carbonyl (C=O) groups is 1. The van der Waals surface area contributed by atoms with E-state index in [1.54, 1.807) is 6.08 Å². The van der Waals surface area contributed by atoms with Crippen molar-refractivity contribution in [3.05, 3.63) is 24.3 Å². The third-order valence-electron chi connectivity index (χ3n) is 15.8. The van der Waals surface area contributed by atoms with Crippen LogP contribution >= 0.6 is 0 Å². The molecule has 12 N–H and O–H groups in total. The van der Waals surface area contributed by atoms with E-state index in [1.165, 1.54) is 148 Å². The molecule has 0 radical (unpaired) electrons. The van der Waals surface area contributed by atoms with Crippen LogP contribution in [0, 0.1) is 0 Å². The van der Waals surface area contributed by atoms with Crippen LogP contribution in [0.25, 0.3) is 0 Å². The molecule has 0 spiro atoms. The summed E-state index contributed by atoms with van der Waals surface area (Å²) >= 11 is 0. The van der Waals surface area contributed by atoms with E-state index in [0.29, 0.717) is 12.8 Å². The summed E-state index contributed by atoms with van der Waals surface area (Å²) in [5.41, 5.74) is 0. The van der Waals surface area contributed by atoms with E-state index in [0.717, 1.165) is 38.5 Å². The zero-order valence-electron chi connectivity index (χ0n) is 48.4. The second-order valence-corrected chi connectivity index (χ2v) is 22.5. The normalized spacial score (nSPS) is 30.4. The lowest BCUT2D eigenvalue weighted by Crippen LogP contribution is -2.66. The van der Waals surface area contributed by atoms with E-state index in [2.05, 4.69) is 31.3 Å². The predicted octanol–water partition coefficient (Wildman–Crippen LogP) is 5.93. The van der Waals surface area contributed by atoms with Gasteiger partial charge < -0.3 is 89.9 Å². The molecular formula is C60H111NO18. The van der Waals surface area contributed by atoms with Crippen molar-refractivity contribution in [2.24, 2.45) is 0 Å². The molecule has 19 heteroatoms. The highest BCUT2D eigenvalue weighted by atomic mass is 16.8. The molecule has 3 aliphatic heterocycles. The van der Waals surface area contributed by atoms with Gasteiger partial charge >= 0.3 is 0 Å². The van der Waals surface area contributed by atoms with Gasteiger partial charge in [0.15, 0.2) is 18.9 Å². The Hall–Kier alpha value is -1.73. The summed E-state index contributed by atoms with van der Waals surface area (Å²) in [6.07, 6.45) is 18.7. The molecule has 3 aliphatic rings. The van der Waals surface area contributed by atoms with Crippen LogP contribution in [0.5, 0.6) is 0 Å². The third kappa shape index (κ3) is 27.7. The fourth-order valence-electron chi connectivity index (χ4n) is 10.6. The Morgan fingerprint density at radius 3 is 1.27 bits per heavy atom. The van der Waals surface area contributed by atoms with Crippen molar-refractivity contribution < 1.29 is 89.4 Å². The van der Waals surface area contributed by atoms with Gasteiger partial charge in [-0.1, -0.05) is 205 Å². The Morgan fingerprint density at radius 1 is 0.443 bits per heavy atom. The molecule has 0 aromatic heterocycles. The molecule has 464 valence electrons. The van der Waals surface area contributed by atoms with E-state index in [4.69, 9.17) is 28.4 Å². The molecule has 19 nitrogen and oxygen atoms in total.